The number of ether oxygens (including phenoxy) is 2. The normalized spacial score (nSPS) is 11.7. The van der Waals surface area contributed by atoms with E-state index < -0.39 is 18.0 Å². The summed E-state index contributed by atoms with van der Waals surface area (Å²) < 4.78 is 10.6. The Morgan fingerprint density at radius 1 is 1.18 bits per heavy atom. The minimum Gasteiger partial charge on any atom is -0.495 e. The number of carbonyl (C=O) groups is 2. The van der Waals surface area contributed by atoms with Crippen LogP contribution in [0.3, 0.4) is 0 Å². The SMILES string of the molecule is CCC(OC(=O)c1ccc2nc(-c3cccnc3)[nH]c2c1)C(=O)Nc1ccc(OC)c(Cl)c1. The third-order valence-corrected chi connectivity index (χ3v) is 5.28. The Labute approximate surface area is 194 Å². The summed E-state index contributed by atoms with van der Waals surface area (Å²) >= 11 is 6.11. The van der Waals surface area contributed by atoms with Crippen LogP contribution in [0, 0.1) is 0 Å². The Hall–Kier alpha value is -3.91. The number of rotatable bonds is 7. The number of amides is 1. The first-order valence-electron chi connectivity index (χ1n) is 10.2. The third-order valence-electron chi connectivity index (χ3n) is 4.98. The molecular weight excluding hydrogens is 444 g/mol. The van der Waals surface area contributed by atoms with Gasteiger partial charge in [0.2, 0.25) is 0 Å². The van der Waals surface area contributed by atoms with Gasteiger partial charge in [0.15, 0.2) is 6.10 Å². The number of esters is 1. The molecule has 0 fully saturated rings. The number of fused-ring (bicyclic) bond motifs is 1. The maximum atomic E-state index is 12.7. The van der Waals surface area contributed by atoms with Crippen LogP contribution in [0.2, 0.25) is 5.02 Å². The summed E-state index contributed by atoms with van der Waals surface area (Å²) in [6.07, 6.45) is 2.72. The first kappa shape index (κ1) is 22.3. The van der Waals surface area contributed by atoms with Gasteiger partial charge in [-0.3, -0.25) is 9.78 Å². The number of aromatic nitrogens is 3. The topological polar surface area (TPSA) is 106 Å². The lowest BCUT2D eigenvalue weighted by atomic mass is 10.2. The average Bonchev–Trinajstić information content (AvgIpc) is 3.26. The van der Waals surface area contributed by atoms with Gasteiger partial charge >= 0.3 is 5.97 Å². The number of pyridine rings is 1. The Bertz CT molecular complexity index is 1310. The van der Waals surface area contributed by atoms with Gasteiger partial charge in [0, 0.05) is 23.6 Å². The van der Waals surface area contributed by atoms with Crippen molar-refractivity contribution in [3.05, 3.63) is 71.5 Å². The van der Waals surface area contributed by atoms with E-state index >= 15 is 0 Å². The Morgan fingerprint density at radius 3 is 2.73 bits per heavy atom. The summed E-state index contributed by atoms with van der Waals surface area (Å²) in [5, 5.41) is 3.07. The number of nitrogens with one attached hydrogen (secondary N) is 2. The van der Waals surface area contributed by atoms with Gasteiger partial charge in [-0.15, -0.1) is 0 Å². The van der Waals surface area contributed by atoms with Crippen LogP contribution in [0.25, 0.3) is 22.4 Å². The zero-order chi connectivity index (χ0) is 23.4. The van der Waals surface area contributed by atoms with Crippen LogP contribution in [-0.2, 0) is 9.53 Å². The standard InChI is InChI=1S/C24H21ClN4O4/c1-3-20(23(30)27-16-7-9-21(32-2)17(25)12-16)33-24(31)14-6-8-18-19(11-14)29-22(28-18)15-5-4-10-26-13-15/h4-13,20H,3H2,1-2H3,(H,27,30)(H,28,29). The number of hydrogen-bond donors (Lipinski definition) is 2. The number of benzene rings is 2. The molecule has 0 bridgehead atoms. The molecule has 4 rings (SSSR count). The maximum Gasteiger partial charge on any atom is 0.338 e. The lowest BCUT2D eigenvalue weighted by Gasteiger charge is -2.16. The van der Waals surface area contributed by atoms with Crippen LogP contribution in [0.4, 0.5) is 5.69 Å². The van der Waals surface area contributed by atoms with E-state index in [1.54, 1.807) is 55.7 Å². The molecular formula is C24H21ClN4O4. The van der Waals surface area contributed by atoms with Gasteiger partial charge in [-0.05, 0) is 55.0 Å². The van der Waals surface area contributed by atoms with Crippen molar-refractivity contribution in [1.29, 1.82) is 0 Å². The number of methoxy groups -OCH3 is 1. The number of H-pyrrole nitrogens is 1. The minimum atomic E-state index is -0.971. The minimum absolute atomic E-state index is 0.304. The lowest BCUT2D eigenvalue weighted by molar-refractivity contribution is -0.124. The predicted octanol–water partition coefficient (Wildman–Crippen LogP) is 4.86. The van der Waals surface area contributed by atoms with E-state index in [1.807, 2.05) is 12.1 Å². The van der Waals surface area contributed by atoms with Crippen molar-refractivity contribution in [2.45, 2.75) is 19.4 Å². The number of carbonyl (C=O) groups excluding carboxylic acids is 2. The van der Waals surface area contributed by atoms with Gasteiger partial charge in [-0.25, -0.2) is 9.78 Å². The van der Waals surface area contributed by atoms with Gasteiger partial charge in [0.1, 0.15) is 11.6 Å². The van der Waals surface area contributed by atoms with Crippen LogP contribution in [-0.4, -0.2) is 40.0 Å². The monoisotopic (exact) mass is 464 g/mol. The number of nitrogens with zero attached hydrogens (tertiary/aromatic N) is 2. The number of hydrogen-bond acceptors (Lipinski definition) is 6. The van der Waals surface area contributed by atoms with Crippen molar-refractivity contribution in [3.63, 3.8) is 0 Å². The first-order valence-corrected chi connectivity index (χ1v) is 10.6. The van der Waals surface area contributed by atoms with Gasteiger partial charge in [-0.1, -0.05) is 18.5 Å². The van der Waals surface area contributed by atoms with Crippen LogP contribution in [0.15, 0.2) is 60.9 Å². The molecule has 2 aromatic heterocycles. The molecule has 8 nitrogen and oxygen atoms in total. The van der Waals surface area contributed by atoms with Crippen LogP contribution < -0.4 is 10.1 Å². The van der Waals surface area contributed by atoms with Crippen molar-refractivity contribution < 1.29 is 19.1 Å². The number of aromatic amines is 1. The lowest BCUT2D eigenvalue weighted by Crippen LogP contribution is -2.32. The Balaban J connectivity index is 1.47. The highest BCUT2D eigenvalue weighted by Gasteiger charge is 2.23. The first-order chi connectivity index (χ1) is 16.0. The number of anilines is 1. The van der Waals surface area contributed by atoms with Gasteiger partial charge < -0.3 is 19.8 Å². The summed E-state index contributed by atoms with van der Waals surface area (Å²) in [6, 6.07) is 13.6. The molecule has 0 aliphatic heterocycles. The van der Waals surface area contributed by atoms with Crippen molar-refractivity contribution >= 4 is 40.2 Å². The van der Waals surface area contributed by atoms with Crippen LogP contribution in [0.1, 0.15) is 23.7 Å². The fraction of sp³-hybridized carbons (Fsp3) is 0.167. The highest BCUT2D eigenvalue weighted by atomic mass is 35.5. The molecule has 168 valence electrons. The fourth-order valence-electron chi connectivity index (χ4n) is 3.26. The number of halogens is 1. The van der Waals surface area contributed by atoms with Crippen molar-refractivity contribution in [1.82, 2.24) is 15.0 Å². The van der Waals surface area contributed by atoms with Crippen molar-refractivity contribution in [2.24, 2.45) is 0 Å². The molecule has 1 amide bonds. The molecule has 1 atom stereocenters. The van der Waals surface area contributed by atoms with Gasteiger partial charge in [0.05, 0.1) is 28.7 Å². The summed E-state index contributed by atoms with van der Waals surface area (Å²) in [7, 11) is 1.51. The average molecular weight is 465 g/mol. The molecule has 0 spiro atoms. The Kier molecular flexibility index (Phi) is 6.55. The quantitative estimate of drug-likeness (QED) is 0.378. The van der Waals surface area contributed by atoms with E-state index in [0.717, 1.165) is 5.56 Å². The van der Waals surface area contributed by atoms with Crippen LogP contribution in [0.5, 0.6) is 5.75 Å². The van der Waals surface area contributed by atoms with E-state index in [4.69, 9.17) is 21.1 Å². The van der Waals surface area contributed by atoms with Gasteiger partial charge in [-0.2, -0.15) is 0 Å². The van der Waals surface area contributed by atoms with E-state index in [-0.39, 0.29) is 0 Å². The molecule has 4 aromatic rings. The van der Waals surface area contributed by atoms with E-state index in [1.165, 1.54) is 7.11 Å². The number of imidazole rings is 1. The molecule has 0 aliphatic carbocycles. The van der Waals surface area contributed by atoms with Gasteiger partial charge in [0.25, 0.3) is 5.91 Å². The predicted molar refractivity (Wildman–Crippen MR) is 125 cm³/mol. The molecule has 0 saturated heterocycles. The summed E-state index contributed by atoms with van der Waals surface area (Å²) in [4.78, 5) is 37.2. The second-order valence-electron chi connectivity index (χ2n) is 7.20. The van der Waals surface area contributed by atoms with E-state index in [0.29, 0.717) is 45.3 Å². The van der Waals surface area contributed by atoms with Crippen molar-refractivity contribution in [3.8, 4) is 17.1 Å². The molecule has 2 N–H and O–H groups in total. The highest BCUT2D eigenvalue weighted by molar-refractivity contribution is 6.32. The molecule has 0 radical (unpaired) electrons. The molecule has 33 heavy (non-hydrogen) atoms. The molecule has 9 heteroatoms. The summed E-state index contributed by atoms with van der Waals surface area (Å²) in [5.41, 5.74) is 2.99. The molecule has 2 heterocycles. The van der Waals surface area contributed by atoms with Crippen LogP contribution >= 0.6 is 11.6 Å². The zero-order valence-electron chi connectivity index (χ0n) is 18.0. The molecule has 2 aromatic carbocycles. The molecule has 0 aliphatic rings. The Morgan fingerprint density at radius 2 is 2.03 bits per heavy atom. The second kappa shape index (κ2) is 9.70. The highest BCUT2D eigenvalue weighted by Crippen LogP contribution is 2.27. The fourth-order valence-corrected chi connectivity index (χ4v) is 3.52. The van der Waals surface area contributed by atoms with E-state index in [9.17, 15) is 9.59 Å². The van der Waals surface area contributed by atoms with Crippen molar-refractivity contribution in [2.75, 3.05) is 12.4 Å². The smallest absolute Gasteiger partial charge is 0.338 e. The summed E-state index contributed by atoms with van der Waals surface area (Å²) in [6.45, 7) is 1.76. The molecule has 0 saturated carbocycles. The summed E-state index contributed by atoms with van der Waals surface area (Å²) in [5.74, 6) is 0.0827. The second-order valence-corrected chi connectivity index (χ2v) is 7.61. The molecule has 1 unspecified atom stereocenters. The zero-order valence-corrected chi connectivity index (χ0v) is 18.7. The third kappa shape index (κ3) is 4.96. The van der Waals surface area contributed by atoms with E-state index in [2.05, 4.69) is 20.3 Å². The largest absolute Gasteiger partial charge is 0.495 e. The maximum absolute atomic E-state index is 12.7.